The van der Waals surface area contributed by atoms with Crippen molar-refractivity contribution in [1.82, 2.24) is 19.7 Å². The van der Waals surface area contributed by atoms with E-state index in [0.29, 0.717) is 22.0 Å². The third-order valence-corrected chi connectivity index (χ3v) is 8.68. The molecule has 4 rings (SSSR count). The molecule has 0 aromatic carbocycles. The summed E-state index contributed by atoms with van der Waals surface area (Å²) in [6.07, 6.45) is 1.61. The number of halogens is 3. The molecular formula is C24H28F3N6O5S+. The fourth-order valence-corrected chi connectivity index (χ4v) is 6.06. The Morgan fingerprint density at radius 1 is 1.23 bits per heavy atom. The number of nitrogens with zero attached hydrogens (tertiary/aromatic N) is 5. The van der Waals surface area contributed by atoms with Crippen molar-refractivity contribution in [2.75, 3.05) is 31.3 Å². The van der Waals surface area contributed by atoms with Crippen LogP contribution in [-0.4, -0.2) is 76.0 Å². The second-order valence-electron chi connectivity index (χ2n) is 9.64. The normalized spacial score (nSPS) is 20.1. The Morgan fingerprint density at radius 3 is 2.51 bits per heavy atom. The standard InChI is InChI=1S/C24H27F3N6O5S/c1-15-10-17(11-29-23(15)38-14-24(25,26)27)12-32-13-19-20(31-32)4-7-28-21(19)30-22(35)18-5-8-33(9-6-18,16(2)34)39(3,36)37/h4,7,10-11,13,18H,5-6,8-9,12,14H2,1-3H3/p+1. The Hall–Kier alpha value is -3.59. The molecule has 3 aromatic heterocycles. The number of carbonyl (C=O) groups excluding carboxylic acids is 2. The summed E-state index contributed by atoms with van der Waals surface area (Å²) in [5.74, 6) is -1.10. The van der Waals surface area contributed by atoms with Crippen LogP contribution in [0, 0.1) is 12.8 Å². The van der Waals surface area contributed by atoms with E-state index in [4.69, 9.17) is 4.74 Å². The number of anilines is 1. The molecule has 0 spiro atoms. The minimum atomic E-state index is -4.46. The smallest absolute Gasteiger partial charge is 0.422 e. The number of quaternary nitrogens is 1. The van der Waals surface area contributed by atoms with E-state index in [2.05, 4.69) is 20.4 Å². The number of piperidine rings is 1. The van der Waals surface area contributed by atoms with Crippen LogP contribution < -0.4 is 10.1 Å². The number of rotatable bonds is 7. The summed E-state index contributed by atoms with van der Waals surface area (Å²) in [4.78, 5) is 33.4. The molecule has 1 aliphatic rings. The van der Waals surface area contributed by atoms with Gasteiger partial charge in [0.1, 0.15) is 18.9 Å². The number of pyridine rings is 2. The van der Waals surface area contributed by atoms with Crippen molar-refractivity contribution in [2.24, 2.45) is 5.92 Å². The lowest BCUT2D eigenvalue weighted by Gasteiger charge is -2.37. The number of nitrogens with one attached hydrogen (secondary N) is 1. The monoisotopic (exact) mass is 569 g/mol. The first-order valence-corrected chi connectivity index (χ1v) is 13.9. The number of amides is 2. The Labute approximate surface area is 222 Å². The molecule has 0 aliphatic carbocycles. The van der Waals surface area contributed by atoms with Gasteiger partial charge in [-0.3, -0.25) is 9.48 Å². The maximum absolute atomic E-state index is 13.0. The lowest BCUT2D eigenvalue weighted by molar-refractivity contribution is -0.734. The van der Waals surface area contributed by atoms with E-state index in [1.54, 1.807) is 29.9 Å². The van der Waals surface area contributed by atoms with E-state index in [9.17, 15) is 31.2 Å². The molecule has 0 radical (unpaired) electrons. The summed E-state index contributed by atoms with van der Waals surface area (Å²) in [7, 11) is -3.68. The molecule has 1 aliphatic heterocycles. The number of hydrogen-bond acceptors (Lipinski definition) is 8. The predicted octanol–water partition coefficient (Wildman–Crippen LogP) is 2.80. The third kappa shape index (κ3) is 6.19. The predicted molar refractivity (Wildman–Crippen MR) is 134 cm³/mol. The second-order valence-corrected chi connectivity index (χ2v) is 11.8. The molecule has 2 amide bonds. The molecule has 15 heteroatoms. The minimum Gasteiger partial charge on any atom is -0.468 e. The average molecular weight is 570 g/mol. The van der Waals surface area contributed by atoms with Gasteiger partial charge in [0.25, 0.3) is 0 Å². The van der Waals surface area contributed by atoms with Crippen molar-refractivity contribution in [2.45, 2.75) is 39.4 Å². The number of alkyl halides is 3. The fraction of sp³-hybridized carbons (Fsp3) is 0.458. The van der Waals surface area contributed by atoms with Gasteiger partial charge in [-0.15, -0.1) is 0 Å². The lowest BCUT2D eigenvalue weighted by atomic mass is 9.96. The molecule has 210 valence electrons. The first-order chi connectivity index (χ1) is 18.2. The maximum atomic E-state index is 13.0. The first kappa shape index (κ1) is 28.4. The van der Waals surface area contributed by atoms with E-state index in [1.807, 2.05) is 0 Å². The largest absolute Gasteiger partial charge is 0.468 e. The summed E-state index contributed by atoms with van der Waals surface area (Å²) >= 11 is 0. The highest BCUT2D eigenvalue weighted by Crippen LogP contribution is 2.29. The average Bonchev–Trinajstić information content (AvgIpc) is 3.25. The number of aromatic nitrogens is 4. The number of sulfonamides is 1. The van der Waals surface area contributed by atoms with Crippen LogP contribution in [0.3, 0.4) is 0 Å². The van der Waals surface area contributed by atoms with E-state index >= 15 is 0 Å². The van der Waals surface area contributed by atoms with Gasteiger partial charge in [0, 0.05) is 42.9 Å². The van der Waals surface area contributed by atoms with Gasteiger partial charge >= 0.3 is 22.1 Å². The van der Waals surface area contributed by atoms with Crippen molar-refractivity contribution in [3.8, 4) is 5.88 Å². The Balaban J connectivity index is 1.45. The van der Waals surface area contributed by atoms with E-state index in [1.165, 1.54) is 19.3 Å². The van der Waals surface area contributed by atoms with E-state index in [0.717, 1.165) is 6.26 Å². The van der Waals surface area contributed by atoms with Crippen molar-refractivity contribution in [1.29, 1.82) is 0 Å². The highest BCUT2D eigenvalue weighted by atomic mass is 32.2. The van der Waals surface area contributed by atoms with Crippen LogP contribution in [0.25, 0.3) is 10.9 Å². The van der Waals surface area contributed by atoms with Crippen LogP contribution in [0.1, 0.15) is 30.9 Å². The van der Waals surface area contributed by atoms with Gasteiger partial charge in [-0.05, 0) is 24.6 Å². The van der Waals surface area contributed by atoms with Gasteiger partial charge in [-0.2, -0.15) is 30.6 Å². The summed E-state index contributed by atoms with van der Waals surface area (Å²) in [5.41, 5.74) is 1.68. The zero-order valence-corrected chi connectivity index (χ0v) is 22.3. The zero-order chi connectivity index (χ0) is 28.6. The molecule has 1 fully saturated rings. The van der Waals surface area contributed by atoms with Gasteiger partial charge < -0.3 is 10.1 Å². The van der Waals surface area contributed by atoms with Crippen LogP contribution in [0.4, 0.5) is 19.0 Å². The summed E-state index contributed by atoms with van der Waals surface area (Å²) in [6.45, 7) is 1.72. The van der Waals surface area contributed by atoms with Gasteiger partial charge in [-0.1, -0.05) is 0 Å². The Kier molecular flexibility index (Phi) is 7.67. The highest BCUT2D eigenvalue weighted by Gasteiger charge is 2.48. The van der Waals surface area contributed by atoms with Crippen LogP contribution in [0.15, 0.2) is 30.7 Å². The van der Waals surface area contributed by atoms with Gasteiger partial charge in [-0.25, -0.2) is 14.8 Å². The summed E-state index contributed by atoms with van der Waals surface area (Å²) < 4.78 is 67.5. The first-order valence-electron chi connectivity index (χ1n) is 12.0. The fourth-order valence-electron chi connectivity index (χ4n) is 4.72. The Morgan fingerprint density at radius 2 is 1.92 bits per heavy atom. The lowest BCUT2D eigenvalue weighted by Crippen LogP contribution is -2.59. The van der Waals surface area contributed by atoms with Gasteiger partial charge in [0.2, 0.25) is 11.8 Å². The SMILES string of the molecule is CC(=O)[N+]1(S(C)(=O)=O)CCC(C(=O)Nc2nccc3nn(Cc4cnc(OCC(F)(F)F)c(C)c4)cc23)CC1. The van der Waals surface area contributed by atoms with Gasteiger partial charge in [0.05, 0.1) is 30.6 Å². The highest BCUT2D eigenvalue weighted by molar-refractivity contribution is 7.85. The molecule has 1 saturated heterocycles. The summed E-state index contributed by atoms with van der Waals surface area (Å²) in [5, 5.41) is 7.86. The molecular weight excluding hydrogens is 541 g/mol. The topological polar surface area (TPSA) is 133 Å². The number of fused-ring (bicyclic) bond motifs is 1. The van der Waals surface area contributed by atoms with Crippen molar-refractivity contribution >= 4 is 38.6 Å². The molecule has 4 heterocycles. The minimum absolute atomic E-state index is 0.0231. The quantitative estimate of drug-likeness (QED) is 0.430. The van der Waals surface area contributed by atoms with Crippen molar-refractivity contribution in [3.05, 3.63) is 41.9 Å². The molecule has 1 N–H and O–H groups in total. The number of carbonyl (C=O) groups is 2. The number of likely N-dealkylation sites (tertiary alicyclic amines) is 1. The second kappa shape index (κ2) is 10.5. The molecule has 3 aromatic rings. The van der Waals surface area contributed by atoms with Crippen LogP contribution in [-0.2, 0) is 26.2 Å². The third-order valence-electron chi connectivity index (χ3n) is 6.78. The number of ether oxygens (including phenoxy) is 1. The maximum Gasteiger partial charge on any atom is 0.422 e. The molecule has 0 bridgehead atoms. The van der Waals surface area contributed by atoms with E-state index in [-0.39, 0.29) is 50.1 Å². The molecule has 39 heavy (non-hydrogen) atoms. The van der Waals surface area contributed by atoms with Crippen LogP contribution in [0.2, 0.25) is 0 Å². The van der Waals surface area contributed by atoms with Crippen LogP contribution in [0.5, 0.6) is 5.88 Å². The van der Waals surface area contributed by atoms with Crippen LogP contribution >= 0.6 is 0 Å². The van der Waals surface area contributed by atoms with E-state index < -0.39 is 38.5 Å². The molecule has 11 nitrogen and oxygen atoms in total. The zero-order valence-electron chi connectivity index (χ0n) is 21.5. The molecule has 0 atom stereocenters. The van der Waals surface area contributed by atoms with Crippen molar-refractivity contribution in [3.63, 3.8) is 0 Å². The molecule has 0 saturated carbocycles. The van der Waals surface area contributed by atoms with Gasteiger partial charge in [0.15, 0.2) is 6.61 Å². The Bertz CT molecular complexity index is 1510. The summed E-state index contributed by atoms with van der Waals surface area (Å²) in [6, 6.07) is 3.33. The van der Waals surface area contributed by atoms with Crippen molar-refractivity contribution < 1.29 is 39.8 Å². The number of hydrogen-bond donors (Lipinski definition) is 1. The molecule has 0 unspecified atom stereocenters. The number of aryl methyl sites for hydroxylation is 1.